The summed E-state index contributed by atoms with van der Waals surface area (Å²) in [6.45, 7) is 2.21. The first-order valence-corrected chi connectivity index (χ1v) is 5.77. The number of hydrogen-bond donors (Lipinski definition) is 1. The van der Waals surface area contributed by atoms with Gasteiger partial charge in [0, 0.05) is 18.3 Å². The smallest absolute Gasteiger partial charge is 0.327 e. The van der Waals surface area contributed by atoms with Gasteiger partial charge in [-0.3, -0.25) is 9.48 Å². The molecule has 2 heterocycles. The van der Waals surface area contributed by atoms with Crippen LogP contribution < -0.4 is 5.32 Å². The fourth-order valence-electron chi connectivity index (χ4n) is 1.87. The highest BCUT2D eigenvalue weighted by molar-refractivity contribution is 5.85. The van der Waals surface area contributed by atoms with Gasteiger partial charge in [0.1, 0.15) is 6.54 Å². The third-order valence-electron chi connectivity index (χ3n) is 2.75. The molecule has 0 aliphatic carbocycles. The first-order chi connectivity index (χ1) is 8.28. The zero-order chi connectivity index (χ0) is 12.1. The SMILES string of the molecule is COC(=O)Cn1cc(C=C2CCCNC2)cn1.Cl. The Morgan fingerprint density at radius 1 is 1.67 bits per heavy atom. The Bertz CT molecular complexity index is 421. The van der Waals surface area contributed by atoms with Gasteiger partial charge < -0.3 is 10.1 Å². The van der Waals surface area contributed by atoms with Crippen LogP contribution in [0, 0.1) is 0 Å². The van der Waals surface area contributed by atoms with Crippen molar-refractivity contribution in [1.82, 2.24) is 15.1 Å². The van der Waals surface area contributed by atoms with Crippen molar-refractivity contribution in [2.24, 2.45) is 0 Å². The van der Waals surface area contributed by atoms with Gasteiger partial charge in [-0.2, -0.15) is 5.10 Å². The number of halogens is 1. The summed E-state index contributed by atoms with van der Waals surface area (Å²) in [5.74, 6) is -0.286. The number of carbonyl (C=O) groups is 1. The van der Waals surface area contributed by atoms with E-state index in [4.69, 9.17) is 0 Å². The monoisotopic (exact) mass is 271 g/mol. The second kappa shape index (κ2) is 7.18. The second-order valence-electron chi connectivity index (χ2n) is 4.13. The van der Waals surface area contributed by atoms with Gasteiger partial charge in [0.05, 0.1) is 13.3 Å². The van der Waals surface area contributed by atoms with E-state index in [9.17, 15) is 4.79 Å². The molecular formula is C12H18ClN3O2. The summed E-state index contributed by atoms with van der Waals surface area (Å²) >= 11 is 0. The van der Waals surface area contributed by atoms with Gasteiger partial charge in [-0.25, -0.2) is 0 Å². The van der Waals surface area contributed by atoms with E-state index in [0.717, 1.165) is 25.1 Å². The van der Waals surface area contributed by atoms with Crippen LogP contribution in [0.3, 0.4) is 0 Å². The van der Waals surface area contributed by atoms with Gasteiger partial charge in [-0.05, 0) is 19.4 Å². The average Bonchev–Trinajstić information content (AvgIpc) is 2.77. The lowest BCUT2D eigenvalue weighted by atomic mass is 10.0. The zero-order valence-corrected chi connectivity index (χ0v) is 11.2. The minimum Gasteiger partial charge on any atom is -0.468 e. The number of nitrogens with one attached hydrogen (secondary N) is 1. The van der Waals surface area contributed by atoms with Gasteiger partial charge >= 0.3 is 5.97 Å². The quantitative estimate of drug-likeness (QED) is 0.841. The average molecular weight is 272 g/mol. The lowest BCUT2D eigenvalue weighted by molar-refractivity contribution is -0.141. The molecule has 0 atom stereocenters. The van der Waals surface area contributed by atoms with Crippen LogP contribution in [-0.4, -0.2) is 35.9 Å². The Morgan fingerprint density at radius 2 is 2.50 bits per heavy atom. The van der Waals surface area contributed by atoms with Crippen LogP contribution in [0.2, 0.25) is 0 Å². The Labute approximate surface area is 113 Å². The van der Waals surface area contributed by atoms with Crippen LogP contribution in [0.25, 0.3) is 6.08 Å². The fourth-order valence-corrected chi connectivity index (χ4v) is 1.87. The van der Waals surface area contributed by atoms with E-state index in [-0.39, 0.29) is 24.9 Å². The largest absolute Gasteiger partial charge is 0.468 e. The van der Waals surface area contributed by atoms with Gasteiger partial charge in [0.2, 0.25) is 0 Å². The van der Waals surface area contributed by atoms with Crippen LogP contribution in [0.5, 0.6) is 0 Å². The number of nitrogens with zero attached hydrogens (tertiary/aromatic N) is 2. The predicted molar refractivity (Wildman–Crippen MR) is 71.6 cm³/mol. The Morgan fingerprint density at radius 3 is 3.17 bits per heavy atom. The van der Waals surface area contributed by atoms with Crippen molar-refractivity contribution in [1.29, 1.82) is 0 Å². The van der Waals surface area contributed by atoms with Crippen LogP contribution in [0.1, 0.15) is 18.4 Å². The number of carbonyl (C=O) groups excluding carboxylic acids is 1. The molecular weight excluding hydrogens is 254 g/mol. The van der Waals surface area contributed by atoms with Crippen molar-refractivity contribution in [2.75, 3.05) is 20.2 Å². The summed E-state index contributed by atoms with van der Waals surface area (Å²) in [4.78, 5) is 11.1. The maximum absolute atomic E-state index is 11.1. The van der Waals surface area contributed by atoms with Gasteiger partial charge in [-0.1, -0.05) is 11.6 Å². The first-order valence-electron chi connectivity index (χ1n) is 5.77. The summed E-state index contributed by atoms with van der Waals surface area (Å²) in [6.07, 6.45) is 8.08. The summed E-state index contributed by atoms with van der Waals surface area (Å²) in [5, 5.41) is 7.45. The van der Waals surface area contributed by atoms with Crippen molar-refractivity contribution in [3.63, 3.8) is 0 Å². The predicted octanol–water partition coefficient (Wildman–Crippen LogP) is 1.24. The molecule has 100 valence electrons. The third-order valence-corrected chi connectivity index (χ3v) is 2.75. The highest BCUT2D eigenvalue weighted by Crippen LogP contribution is 2.13. The van der Waals surface area contributed by atoms with E-state index in [2.05, 4.69) is 21.2 Å². The van der Waals surface area contributed by atoms with Crippen molar-refractivity contribution in [3.8, 4) is 0 Å². The van der Waals surface area contributed by atoms with Crippen molar-refractivity contribution in [2.45, 2.75) is 19.4 Å². The molecule has 1 aliphatic rings. The lowest BCUT2D eigenvalue weighted by Crippen LogP contribution is -2.23. The van der Waals surface area contributed by atoms with Crippen molar-refractivity contribution in [3.05, 3.63) is 23.5 Å². The Balaban J connectivity index is 0.00000162. The van der Waals surface area contributed by atoms with Gasteiger partial charge in [0.15, 0.2) is 0 Å². The van der Waals surface area contributed by atoms with E-state index in [1.807, 2.05) is 6.20 Å². The van der Waals surface area contributed by atoms with E-state index < -0.39 is 0 Å². The van der Waals surface area contributed by atoms with E-state index in [1.54, 1.807) is 10.9 Å². The number of ether oxygens (including phenoxy) is 1. The third kappa shape index (κ3) is 4.16. The minimum absolute atomic E-state index is 0. The highest BCUT2D eigenvalue weighted by atomic mass is 35.5. The van der Waals surface area contributed by atoms with E-state index >= 15 is 0 Å². The molecule has 1 fully saturated rings. The molecule has 0 spiro atoms. The molecule has 0 bridgehead atoms. The number of hydrogen-bond acceptors (Lipinski definition) is 4. The molecule has 5 nitrogen and oxygen atoms in total. The maximum atomic E-state index is 11.1. The highest BCUT2D eigenvalue weighted by Gasteiger charge is 2.06. The lowest BCUT2D eigenvalue weighted by Gasteiger charge is -2.14. The molecule has 1 saturated heterocycles. The van der Waals surface area contributed by atoms with Crippen molar-refractivity contribution < 1.29 is 9.53 Å². The standard InChI is InChI=1S/C12H17N3O2.ClH/c1-17-12(16)9-15-8-11(7-14-15)5-10-3-2-4-13-6-10;/h5,7-8,13H,2-4,6,9H2,1H3;1H. The van der Waals surface area contributed by atoms with E-state index in [1.165, 1.54) is 19.1 Å². The first kappa shape index (κ1) is 14.7. The van der Waals surface area contributed by atoms with Crippen molar-refractivity contribution >= 4 is 24.5 Å². The van der Waals surface area contributed by atoms with Gasteiger partial charge in [-0.15, -0.1) is 12.4 Å². The molecule has 1 aliphatic heterocycles. The van der Waals surface area contributed by atoms with Crippen LogP contribution >= 0.6 is 12.4 Å². The molecule has 0 aromatic carbocycles. The normalized spacial score (nSPS) is 17.3. The molecule has 18 heavy (non-hydrogen) atoms. The number of rotatable bonds is 3. The number of methoxy groups -OCH3 is 1. The van der Waals surface area contributed by atoms with Crippen LogP contribution in [-0.2, 0) is 16.1 Å². The molecule has 0 saturated carbocycles. The summed E-state index contributed by atoms with van der Waals surface area (Å²) in [5.41, 5.74) is 2.42. The fraction of sp³-hybridized carbons (Fsp3) is 0.500. The number of esters is 1. The van der Waals surface area contributed by atoms with Gasteiger partial charge in [0.25, 0.3) is 0 Å². The molecule has 1 N–H and O–H groups in total. The molecule has 0 unspecified atom stereocenters. The second-order valence-corrected chi connectivity index (χ2v) is 4.13. The topological polar surface area (TPSA) is 56.1 Å². The van der Waals surface area contributed by atoms with Crippen LogP contribution in [0.15, 0.2) is 18.0 Å². The van der Waals surface area contributed by atoms with Crippen LogP contribution in [0.4, 0.5) is 0 Å². The summed E-state index contributed by atoms with van der Waals surface area (Å²) in [7, 11) is 1.38. The molecule has 6 heteroatoms. The maximum Gasteiger partial charge on any atom is 0.327 e. The Hall–Kier alpha value is -1.33. The Kier molecular flexibility index (Phi) is 5.88. The molecule has 2 rings (SSSR count). The number of aromatic nitrogens is 2. The molecule has 1 aromatic rings. The molecule has 1 aromatic heterocycles. The molecule has 0 amide bonds. The molecule has 0 radical (unpaired) electrons. The van der Waals surface area contributed by atoms with E-state index in [0.29, 0.717) is 0 Å². The summed E-state index contributed by atoms with van der Waals surface area (Å²) in [6, 6.07) is 0. The summed E-state index contributed by atoms with van der Waals surface area (Å²) < 4.78 is 6.18. The minimum atomic E-state index is -0.286. The number of piperidine rings is 1. The zero-order valence-electron chi connectivity index (χ0n) is 10.4.